The highest BCUT2D eigenvalue weighted by atomic mass is 16.7. The second-order valence-electron chi connectivity index (χ2n) is 2.52. The van der Waals surface area contributed by atoms with E-state index in [1.165, 1.54) is 14.2 Å². The van der Waals surface area contributed by atoms with Gasteiger partial charge in [-0.1, -0.05) is 0 Å². The van der Waals surface area contributed by atoms with Crippen LogP contribution in [-0.2, 0) is 19.2 Å². The number of hydrogen-bond donors (Lipinski definition) is 2. The van der Waals surface area contributed by atoms with Gasteiger partial charge in [-0.25, -0.2) is 15.1 Å². The van der Waals surface area contributed by atoms with Crippen LogP contribution in [0.15, 0.2) is 0 Å². The molecule has 0 atom stereocenters. The first kappa shape index (κ1) is 13.2. The molecule has 0 heterocycles. The summed E-state index contributed by atoms with van der Waals surface area (Å²) in [6.45, 7) is -0.906. The first-order valence-corrected chi connectivity index (χ1v) is 3.89. The summed E-state index contributed by atoms with van der Waals surface area (Å²) < 4.78 is 4.32. The molecule has 0 aliphatic heterocycles. The third-order valence-electron chi connectivity index (χ3n) is 1.30. The third-order valence-corrected chi connectivity index (χ3v) is 1.30. The normalized spacial score (nSPS) is 9.20. The van der Waals surface area contributed by atoms with Crippen molar-refractivity contribution in [1.29, 1.82) is 0 Å². The van der Waals surface area contributed by atoms with Crippen LogP contribution in [0, 0.1) is 0 Å². The Bertz CT molecular complexity index is 254. The minimum atomic E-state index is -1.22. The van der Waals surface area contributed by atoms with Crippen LogP contribution >= 0.6 is 0 Å². The summed E-state index contributed by atoms with van der Waals surface area (Å²) in [5, 5.41) is 8.18. The Hall–Kier alpha value is -1.83. The number of rotatable bonds is 5. The fourth-order valence-corrected chi connectivity index (χ4v) is 0.567. The van der Waals surface area contributed by atoms with Gasteiger partial charge in [0.2, 0.25) is 0 Å². The van der Waals surface area contributed by atoms with E-state index in [1.807, 2.05) is 5.48 Å². The van der Waals surface area contributed by atoms with Crippen LogP contribution in [0.2, 0.25) is 0 Å². The number of ether oxygens (including phenoxy) is 1. The zero-order valence-corrected chi connectivity index (χ0v) is 8.35. The molecule has 0 fully saturated rings. The number of methoxy groups -OCH3 is 1. The van der Waals surface area contributed by atoms with E-state index in [0.29, 0.717) is 0 Å². The number of carboxylic acid groups (broad SMARTS) is 1. The Morgan fingerprint density at radius 2 is 2.00 bits per heavy atom. The maximum Gasteiger partial charge on any atom is 0.341 e. The highest BCUT2D eigenvalue weighted by Crippen LogP contribution is 1.86. The second kappa shape index (κ2) is 6.60. The van der Waals surface area contributed by atoms with Crippen molar-refractivity contribution in [2.45, 2.75) is 0 Å². The fourth-order valence-electron chi connectivity index (χ4n) is 0.567. The van der Waals surface area contributed by atoms with E-state index in [0.717, 1.165) is 4.90 Å². The largest absolute Gasteiger partial charge is 0.479 e. The molecule has 0 unspecified atom stereocenters. The maximum atomic E-state index is 11.1. The van der Waals surface area contributed by atoms with Crippen molar-refractivity contribution in [1.82, 2.24) is 10.4 Å². The van der Waals surface area contributed by atoms with Crippen LogP contribution in [0.5, 0.6) is 0 Å². The summed E-state index contributed by atoms with van der Waals surface area (Å²) in [7, 11) is 2.52. The molecule has 0 rings (SSSR count). The number of amides is 2. The van der Waals surface area contributed by atoms with Crippen molar-refractivity contribution < 1.29 is 29.1 Å². The molecular formula is C7H12N2O6. The van der Waals surface area contributed by atoms with E-state index in [4.69, 9.17) is 5.11 Å². The molecule has 86 valence electrons. The molecule has 0 aromatic rings. The molecule has 0 radical (unpaired) electrons. The summed E-state index contributed by atoms with van der Waals surface area (Å²) >= 11 is 0. The lowest BCUT2D eigenvalue weighted by Crippen LogP contribution is -2.41. The average Bonchev–Trinajstić information content (AvgIpc) is 2.16. The van der Waals surface area contributed by atoms with Crippen molar-refractivity contribution in [3.8, 4) is 0 Å². The average molecular weight is 220 g/mol. The van der Waals surface area contributed by atoms with Crippen molar-refractivity contribution in [3.05, 3.63) is 0 Å². The van der Waals surface area contributed by atoms with Gasteiger partial charge in [-0.15, -0.1) is 0 Å². The second-order valence-corrected chi connectivity index (χ2v) is 2.52. The number of esters is 1. The number of urea groups is 1. The van der Waals surface area contributed by atoms with Gasteiger partial charge in [0, 0.05) is 7.05 Å². The Morgan fingerprint density at radius 3 is 2.47 bits per heavy atom. The van der Waals surface area contributed by atoms with Crippen LogP contribution < -0.4 is 5.48 Å². The third kappa shape index (κ3) is 6.27. The predicted octanol–water partition coefficient (Wildman–Crippen LogP) is -1.18. The molecule has 0 spiro atoms. The topological polar surface area (TPSA) is 105 Å². The van der Waals surface area contributed by atoms with E-state index in [-0.39, 0.29) is 6.54 Å². The summed E-state index contributed by atoms with van der Waals surface area (Å²) in [4.78, 5) is 37.1. The monoisotopic (exact) mass is 220 g/mol. The molecule has 0 aromatic carbocycles. The number of carbonyl (C=O) groups is 3. The lowest BCUT2D eigenvalue weighted by Gasteiger charge is -2.15. The summed E-state index contributed by atoms with van der Waals surface area (Å²) in [6, 6.07) is -0.735. The number of carboxylic acids is 1. The highest BCUT2D eigenvalue weighted by Gasteiger charge is 2.13. The van der Waals surface area contributed by atoms with E-state index in [1.54, 1.807) is 0 Å². The summed E-state index contributed by atoms with van der Waals surface area (Å²) in [5.74, 6) is -1.81. The standard InChI is InChI=1S/C7H12N2O6/c1-9(3-6(12)14-2)7(13)8-15-4-5(10)11/h3-4H2,1-2H3,(H,8,13)(H,10,11). The molecule has 0 aromatic heterocycles. The minimum absolute atomic E-state index is 0.251. The molecule has 0 aliphatic carbocycles. The molecule has 8 heteroatoms. The van der Waals surface area contributed by atoms with Crippen molar-refractivity contribution in [2.75, 3.05) is 27.3 Å². The van der Waals surface area contributed by atoms with Gasteiger partial charge in [0.1, 0.15) is 6.54 Å². The van der Waals surface area contributed by atoms with Crippen LogP contribution in [0.4, 0.5) is 4.79 Å². The minimum Gasteiger partial charge on any atom is -0.479 e. The number of hydrogen-bond acceptors (Lipinski definition) is 5. The lowest BCUT2D eigenvalue weighted by atomic mass is 10.6. The van der Waals surface area contributed by atoms with E-state index < -0.39 is 24.6 Å². The van der Waals surface area contributed by atoms with Crippen molar-refractivity contribution >= 4 is 18.0 Å². The Balaban J connectivity index is 3.79. The van der Waals surface area contributed by atoms with Gasteiger partial charge in [0.15, 0.2) is 6.61 Å². The summed E-state index contributed by atoms with van der Waals surface area (Å²) in [5.41, 5.74) is 1.84. The van der Waals surface area contributed by atoms with Gasteiger partial charge >= 0.3 is 18.0 Å². The van der Waals surface area contributed by atoms with Gasteiger partial charge in [-0.3, -0.25) is 9.63 Å². The maximum absolute atomic E-state index is 11.1. The van der Waals surface area contributed by atoms with Crippen molar-refractivity contribution in [3.63, 3.8) is 0 Å². The number of aliphatic carboxylic acids is 1. The van der Waals surface area contributed by atoms with E-state index >= 15 is 0 Å². The zero-order valence-electron chi connectivity index (χ0n) is 8.35. The lowest BCUT2D eigenvalue weighted by molar-refractivity contribution is -0.145. The van der Waals surface area contributed by atoms with E-state index in [2.05, 4.69) is 9.57 Å². The van der Waals surface area contributed by atoms with Crippen LogP contribution in [0.3, 0.4) is 0 Å². The number of nitrogens with zero attached hydrogens (tertiary/aromatic N) is 1. The fraction of sp³-hybridized carbons (Fsp3) is 0.571. The van der Waals surface area contributed by atoms with Crippen LogP contribution in [-0.4, -0.2) is 55.3 Å². The quantitative estimate of drug-likeness (QED) is 0.446. The molecule has 8 nitrogen and oxygen atoms in total. The molecule has 15 heavy (non-hydrogen) atoms. The number of likely N-dealkylation sites (N-methyl/N-ethyl adjacent to an activating group) is 1. The Morgan fingerprint density at radius 1 is 1.40 bits per heavy atom. The number of nitrogens with one attached hydrogen (secondary N) is 1. The van der Waals surface area contributed by atoms with Crippen LogP contribution in [0.25, 0.3) is 0 Å². The van der Waals surface area contributed by atoms with Gasteiger partial charge in [0.25, 0.3) is 0 Å². The number of carbonyl (C=O) groups excluding carboxylic acids is 2. The van der Waals surface area contributed by atoms with Gasteiger partial charge in [0.05, 0.1) is 7.11 Å². The smallest absolute Gasteiger partial charge is 0.341 e. The number of hydroxylamine groups is 1. The first-order valence-electron chi connectivity index (χ1n) is 3.89. The molecule has 0 bridgehead atoms. The summed E-state index contributed by atoms with van der Waals surface area (Å²) in [6.07, 6.45) is 0. The SMILES string of the molecule is COC(=O)CN(C)C(=O)NOCC(=O)O. The predicted molar refractivity (Wildman–Crippen MR) is 46.8 cm³/mol. The van der Waals surface area contributed by atoms with Crippen LogP contribution in [0.1, 0.15) is 0 Å². The molecule has 0 aliphatic rings. The van der Waals surface area contributed by atoms with Gasteiger partial charge in [-0.05, 0) is 0 Å². The van der Waals surface area contributed by atoms with Crippen molar-refractivity contribution in [2.24, 2.45) is 0 Å². The molecule has 0 saturated heterocycles. The van der Waals surface area contributed by atoms with Gasteiger partial charge in [-0.2, -0.15) is 0 Å². The molecular weight excluding hydrogens is 208 g/mol. The van der Waals surface area contributed by atoms with Gasteiger partial charge < -0.3 is 14.7 Å². The highest BCUT2D eigenvalue weighted by molar-refractivity contribution is 5.80. The Kier molecular flexibility index (Phi) is 5.79. The molecule has 0 saturated carbocycles. The molecule has 2 N–H and O–H groups in total. The first-order chi connectivity index (χ1) is 6.97. The molecule has 2 amide bonds. The zero-order chi connectivity index (χ0) is 11.8. The Labute approximate surface area is 85.7 Å². The van der Waals surface area contributed by atoms with E-state index in [9.17, 15) is 14.4 Å².